The van der Waals surface area contributed by atoms with Crippen LogP contribution >= 0.6 is 0 Å². The van der Waals surface area contributed by atoms with Crippen LogP contribution in [0.2, 0.25) is 43.3 Å². The predicted octanol–water partition coefficient (Wildman–Crippen LogP) is 4.43. The van der Waals surface area contributed by atoms with Crippen molar-refractivity contribution in [2.45, 2.75) is 47.7 Å². The number of nitrogen functional groups attached to an aromatic ring is 1. The predicted molar refractivity (Wildman–Crippen MR) is 94.0 cm³/mol. The molecule has 10 aliphatic rings. The molecule has 0 bridgehead atoms. The second-order valence-electron chi connectivity index (χ2n) is 13.0. The van der Waals surface area contributed by atoms with Crippen LogP contribution in [-0.4, -0.2) is 14.9 Å². The molecule has 6 nitrogen and oxygen atoms in total. The molecule has 0 amide bonds. The molecular formula is C20H16FeN4O2. The van der Waals surface area contributed by atoms with E-state index in [-0.39, 0.29) is 10.6 Å². The number of hydrogen-bond acceptors (Lipinski definition) is 5. The number of hydrogen-bond donors (Lipinski definition) is 1. The van der Waals surface area contributed by atoms with Crippen LogP contribution in [0.25, 0.3) is 11.3 Å². The molecule has 10 fully saturated rings. The van der Waals surface area contributed by atoms with Gasteiger partial charge in [-0.25, -0.2) is 0 Å². The number of nitrogens with two attached hydrogens (primary N) is 1. The van der Waals surface area contributed by atoms with E-state index in [1.807, 2.05) is 6.07 Å². The van der Waals surface area contributed by atoms with Crippen LogP contribution in [0.3, 0.4) is 0 Å². The zero-order valence-corrected chi connectivity index (χ0v) is 15.3. The first-order valence-corrected chi connectivity index (χ1v) is 16.2. The summed E-state index contributed by atoms with van der Waals surface area (Å²) in [6, 6.07) is 8.97. The van der Waals surface area contributed by atoms with Crippen molar-refractivity contribution >= 4 is 11.6 Å². The molecule has 11 heterocycles. The van der Waals surface area contributed by atoms with E-state index in [1.54, 1.807) is 12.1 Å². The number of rotatable bonds is 3. The summed E-state index contributed by atoms with van der Waals surface area (Å²) in [5.41, 5.74) is 9.14. The first kappa shape index (κ1) is 11.1. The van der Waals surface area contributed by atoms with Crippen LogP contribution in [0, 0.1) is 10.1 Å². The Morgan fingerprint density at radius 2 is 1.67 bits per heavy atom. The first-order chi connectivity index (χ1) is 12.8. The molecule has 136 valence electrons. The fourth-order valence-electron chi connectivity index (χ4n) is 18.5. The molecule has 1 aromatic carbocycles. The third-order valence-electron chi connectivity index (χ3n) is 17.2. The van der Waals surface area contributed by atoms with Gasteiger partial charge in [0.15, 0.2) is 0 Å². The zero-order valence-electron chi connectivity index (χ0n) is 14.2. The van der Waals surface area contributed by atoms with Gasteiger partial charge in [-0.1, -0.05) is 0 Å². The minimum absolute atomic E-state index is 0.101. The molecule has 2 aromatic rings. The van der Waals surface area contributed by atoms with Crippen LogP contribution in [0.5, 0.6) is 0 Å². The number of nitrogens with zero attached hydrogens (tertiary/aromatic N) is 3. The van der Waals surface area contributed by atoms with Crippen LogP contribution in [0.1, 0.15) is 5.69 Å². The van der Waals surface area contributed by atoms with Gasteiger partial charge in [0.05, 0.1) is 0 Å². The quantitative estimate of drug-likeness (QED) is 0.467. The number of non-ortho nitro benzene ring substituents is 1. The van der Waals surface area contributed by atoms with Crippen molar-refractivity contribution in [2.75, 3.05) is 5.73 Å². The van der Waals surface area contributed by atoms with Crippen molar-refractivity contribution < 1.29 is 11.4 Å². The van der Waals surface area contributed by atoms with Crippen molar-refractivity contribution in [2.24, 2.45) is 0 Å². The van der Waals surface area contributed by atoms with Gasteiger partial charge in [0.25, 0.3) is 0 Å². The van der Waals surface area contributed by atoms with Crippen molar-refractivity contribution in [1.29, 1.82) is 0 Å². The average Bonchev–Trinajstić information content (AvgIpc) is 3.60. The molecular weight excluding hydrogens is 384 g/mol. The van der Waals surface area contributed by atoms with Gasteiger partial charge < -0.3 is 0 Å². The van der Waals surface area contributed by atoms with Gasteiger partial charge in [-0.3, -0.25) is 0 Å². The Hall–Kier alpha value is -1.98. The molecule has 0 aliphatic carbocycles. The Morgan fingerprint density at radius 1 is 1.00 bits per heavy atom. The molecule has 0 saturated carbocycles. The molecule has 2 N–H and O–H groups in total. The second kappa shape index (κ2) is 1.25. The Morgan fingerprint density at radius 3 is 2.19 bits per heavy atom. The van der Waals surface area contributed by atoms with E-state index in [2.05, 4.69) is 11.1 Å². The Labute approximate surface area is 144 Å². The molecule has 1 aromatic heterocycles. The van der Waals surface area contributed by atoms with E-state index in [9.17, 15) is 10.1 Å². The number of nitro benzene ring substituents is 1. The van der Waals surface area contributed by atoms with Crippen LogP contribution in [0.4, 0.5) is 11.6 Å². The van der Waals surface area contributed by atoms with E-state index in [1.165, 1.54) is 45.5 Å². The molecule has 1 spiro atoms. The maximum absolute atomic E-state index is 11.2. The minimum atomic E-state index is -3.31. The van der Waals surface area contributed by atoms with Gasteiger partial charge >= 0.3 is 144 Å². The number of aromatic nitrogens is 2. The van der Waals surface area contributed by atoms with E-state index in [4.69, 9.17) is 10.7 Å². The fourth-order valence-corrected chi connectivity index (χ4v) is 92.5. The number of anilines is 1. The number of benzene rings is 1. The Kier molecular flexibility index (Phi) is 0.514. The molecule has 10 aliphatic heterocycles. The summed E-state index contributed by atoms with van der Waals surface area (Å²) in [6.07, 6.45) is 0. The summed E-state index contributed by atoms with van der Waals surface area (Å²) >= 11 is 0. The third kappa shape index (κ3) is 0.191. The van der Waals surface area contributed by atoms with E-state index >= 15 is 0 Å². The normalized spacial score (nSPS) is 79.0. The monoisotopic (exact) mass is 400 g/mol. The van der Waals surface area contributed by atoms with Gasteiger partial charge in [0.1, 0.15) is 0 Å². The van der Waals surface area contributed by atoms with Gasteiger partial charge in [-0.05, 0) is 0 Å². The molecule has 4 unspecified atom stereocenters. The van der Waals surface area contributed by atoms with E-state index in [0.717, 1.165) is 20.9 Å². The standard InChI is InChI=1S/C15H11N4O2.C5H5.Fe/c16-15-17-13(10-4-1-2-5-10)9-14(18-15)11-6-3-7-12(8-11)19(20)21;1-2-4-5-3-1;/h1-9H,(H2,16,17,18);1-5H;. The van der Waals surface area contributed by atoms with Gasteiger partial charge in [0, 0.05) is 0 Å². The van der Waals surface area contributed by atoms with E-state index < -0.39 is 6.51 Å². The van der Waals surface area contributed by atoms with Crippen LogP contribution in [0.15, 0.2) is 30.3 Å². The third-order valence-corrected chi connectivity index (χ3v) is 59.5. The zero-order chi connectivity index (χ0) is 17.4. The molecule has 10 saturated heterocycles. The fraction of sp³-hybridized carbons (Fsp3) is 0.500. The second-order valence-corrected chi connectivity index (χ2v) is 36.5. The van der Waals surface area contributed by atoms with Crippen molar-refractivity contribution in [3.05, 3.63) is 46.1 Å². The SMILES string of the molecule is Nc1nc(-c2cccc([N+](=O)[O-])c2)cc([C]23[CH]4[CH]5[CH]6[CH]2[Fe]56432789[CH]3[CH]2[CH]7[CH]8[CH]39)n1. The van der Waals surface area contributed by atoms with Gasteiger partial charge in [-0.15, -0.1) is 0 Å². The van der Waals surface area contributed by atoms with Gasteiger partial charge in [0.2, 0.25) is 0 Å². The summed E-state index contributed by atoms with van der Waals surface area (Å²) in [7, 11) is 0. The van der Waals surface area contributed by atoms with E-state index in [0.29, 0.717) is 10.3 Å². The number of fused-ring (bicyclic) bond motifs is 10. The topological polar surface area (TPSA) is 94.9 Å². The van der Waals surface area contributed by atoms with Crippen molar-refractivity contribution in [3.63, 3.8) is 0 Å². The van der Waals surface area contributed by atoms with Gasteiger partial charge in [-0.2, -0.15) is 0 Å². The summed E-state index contributed by atoms with van der Waals surface area (Å²) in [5.74, 6) is 0.352. The maximum atomic E-state index is 11.2. The molecule has 27 heavy (non-hydrogen) atoms. The molecule has 0 radical (unpaired) electrons. The summed E-state index contributed by atoms with van der Waals surface area (Å²) in [4.78, 5) is 31.0. The molecule has 7 heteroatoms. The summed E-state index contributed by atoms with van der Waals surface area (Å²) < 4.78 is 0.519. The summed E-state index contributed by atoms with van der Waals surface area (Å²) in [6.45, 7) is -3.31. The van der Waals surface area contributed by atoms with Crippen LogP contribution in [-0.2, 0) is 10.8 Å². The molecule has 12 rings (SSSR count). The van der Waals surface area contributed by atoms with Crippen molar-refractivity contribution in [1.82, 2.24) is 9.97 Å². The van der Waals surface area contributed by atoms with Crippen LogP contribution < -0.4 is 5.73 Å². The molecule has 4 atom stereocenters. The summed E-state index contributed by atoms with van der Waals surface area (Å²) in [5, 5.41) is 11.2. The number of nitro groups is 1. The Balaban J connectivity index is 1.18. The average molecular weight is 400 g/mol. The first-order valence-electron chi connectivity index (χ1n) is 9.93. The van der Waals surface area contributed by atoms with Crippen molar-refractivity contribution in [3.8, 4) is 11.3 Å². The Bertz CT molecular complexity index is 1590.